The number of aromatic nitrogens is 1. The molecule has 1 aromatic heterocycles. The third-order valence-corrected chi connectivity index (χ3v) is 3.54. The quantitative estimate of drug-likeness (QED) is 0.928. The number of halogens is 1. The lowest BCUT2D eigenvalue weighted by atomic mass is 10.3. The largest absolute Gasteiger partial charge is 0.384 e. The fraction of sp³-hybridized carbons (Fsp3) is 0.182. The number of para-hydroxylation sites is 1. The Morgan fingerprint density at radius 1 is 1.33 bits per heavy atom. The van der Waals surface area contributed by atoms with E-state index in [1.165, 1.54) is 5.01 Å². The van der Waals surface area contributed by atoms with E-state index in [-0.39, 0.29) is 0 Å². The van der Waals surface area contributed by atoms with Gasteiger partial charge < -0.3 is 5.32 Å². The highest BCUT2D eigenvalue weighted by Gasteiger charge is 1.98. The number of benzene rings is 1. The fourth-order valence-corrected chi connectivity index (χ4v) is 2.33. The molecule has 1 heterocycles. The van der Waals surface area contributed by atoms with Gasteiger partial charge in [0, 0.05) is 34.7 Å². The van der Waals surface area contributed by atoms with Crippen LogP contribution in [0.5, 0.6) is 0 Å². The highest BCUT2D eigenvalue weighted by molar-refractivity contribution is 9.10. The minimum absolute atomic E-state index is 0.913. The maximum atomic E-state index is 4.24. The molecule has 2 nitrogen and oxygen atoms in total. The predicted octanol–water partition coefficient (Wildman–Crippen LogP) is 3.56. The van der Waals surface area contributed by atoms with Gasteiger partial charge in [-0.2, -0.15) is 0 Å². The molecule has 2 rings (SSSR count). The van der Waals surface area contributed by atoms with Crippen LogP contribution in [0.4, 0.5) is 5.69 Å². The molecular weight excluding hydrogens is 272 g/mol. The van der Waals surface area contributed by atoms with Gasteiger partial charge in [0.15, 0.2) is 0 Å². The van der Waals surface area contributed by atoms with Crippen LogP contribution in [0.15, 0.2) is 40.3 Å². The van der Waals surface area contributed by atoms with Crippen LogP contribution < -0.4 is 5.32 Å². The second-order valence-corrected chi connectivity index (χ2v) is 4.92. The second kappa shape index (κ2) is 5.28. The Balaban J connectivity index is 1.86. The zero-order valence-electron chi connectivity index (χ0n) is 8.11. The topological polar surface area (TPSA) is 24.9 Å². The van der Waals surface area contributed by atoms with Gasteiger partial charge in [0.05, 0.1) is 5.01 Å². The van der Waals surface area contributed by atoms with Gasteiger partial charge in [0.25, 0.3) is 0 Å². The highest BCUT2D eigenvalue weighted by Crippen LogP contribution is 2.21. The molecular formula is C11H11BrN2S. The van der Waals surface area contributed by atoms with Crippen molar-refractivity contribution in [1.82, 2.24) is 4.98 Å². The molecule has 0 spiro atoms. The van der Waals surface area contributed by atoms with E-state index in [1.807, 2.05) is 29.8 Å². The summed E-state index contributed by atoms with van der Waals surface area (Å²) in [6.07, 6.45) is 2.82. The number of anilines is 1. The number of rotatable bonds is 4. The van der Waals surface area contributed by atoms with Crippen LogP contribution in [0, 0.1) is 0 Å². The molecule has 0 unspecified atom stereocenters. The van der Waals surface area contributed by atoms with Crippen molar-refractivity contribution in [2.24, 2.45) is 0 Å². The predicted molar refractivity (Wildman–Crippen MR) is 68.4 cm³/mol. The summed E-state index contributed by atoms with van der Waals surface area (Å²) in [4.78, 5) is 4.24. The van der Waals surface area contributed by atoms with Crippen LogP contribution in [0.2, 0.25) is 0 Å². The first-order valence-electron chi connectivity index (χ1n) is 4.73. The van der Waals surface area contributed by atoms with Gasteiger partial charge in [0.2, 0.25) is 0 Å². The van der Waals surface area contributed by atoms with Crippen molar-refractivity contribution in [3.63, 3.8) is 0 Å². The van der Waals surface area contributed by atoms with Gasteiger partial charge in [-0.05, 0) is 28.1 Å². The van der Waals surface area contributed by atoms with Gasteiger partial charge in [-0.25, -0.2) is 4.98 Å². The minimum Gasteiger partial charge on any atom is -0.384 e. The molecule has 2 aromatic rings. The fourth-order valence-electron chi connectivity index (χ4n) is 1.29. The van der Waals surface area contributed by atoms with Crippen molar-refractivity contribution in [2.75, 3.05) is 11.9 Å². The average molecular weight is 283 g/mol. The minimum atomic E-state index is 0.913. The Bertz CT molecular complexity index is 414. The van der Waals surface area contributed by atoms with Gasteiger partial charge in [0.1, 0.15) is 0 Å². The molecule has 0 bridgehead atoms. The van der Waals surface area contributed by atoms with Crippen molar-refractivity contribution in [3.05, 3.63) is 45.3 Å². The van der Waals surface area contributed by atoms with Crippen LogP contribution in [0.25, 0.3) is 0 Å². The van der Waals surface area contributed by atoms with Gasteiger partial charge in [-0.15, -0.1) is 11.3 Å². The lowest BCUT2D eigenvalue weighted by molar-refractivity contribution is 0.997. The van der Waals surface area contributed by atoms with Gasteiger partial charge >= 0.3 is 0 Å². The van der Waals surface area contributed by atoms with Crippen molar-refractivity contribution < 1.29 is 0 Å². The lowest BCUT2D eigenvalue weighted by Gasteiger charge is -2.06. The normalized spacial score (nSPS) is 10.2. The zero-order chi connectivity index (χ0) is 10.5. The lowest BCUT2D eigenvalue weighted by Crippen LogP contribution is -2.04. The molecule has 15 heavy (non-hydrogen) atoms. The molecule has 0 radical (unpaired) electrons. The van der Waals surface area contributed by atoms with Crippen molar-refractivity contribution in [3.8, 4) is 0 Å². The molecule has 78 valence electrons. The maximum absolute atomic E-state index is 4.24. The molecule has 1 N–H and O–H groups in total. The molecule has 0 aliphatic rings. The standard InChI is InChI=1S/C11H11BrN2S/c12-9-3-1-2-4-10(9)13-6-5-11-14-7-8-15-11/h1-4,7-8,13H,5-6H2. The van der Waals surface area contributed by atoms with Crippen molar-refractivity contribution >= 4 is 33.0 Å². The Morgan fingerprint density at radius 2 is 2.20 bits per heavy atom. The Morgan fingerprint density at radius 3 is 2.93 bits per heavy atom. The van der Waals surface area contributed by atoms with E-state index >= 15 is 0 Å². The molecule has 0 aliphatic carbocycles. The zero-order valence-corrected chi connectivity index (χ0v) is 10.5. The van der Waals surface area contributed by atoms with Crippen LogP contribution in [-0.2, 0) is 6.42 Å². The third-order valence-electron chi connectivity index (χ3n) is 2.01. The maximum Gasteiger partial charge on any atom is 0.0942 e. The van der Waals surface area contributed by atoms with E-state index in [2.05, 4.69) is 32.3 Å². The summed E-state index contributed by atoms with van der Waals surface area (Å²) < 4.78 is 1.10. The summed E-state index contributed by atoms with van der Waals surface area (Å²) in [5, 5.41) is 6.55. The van der Waals surface area contributed by atoms with Crippen LogP contribution in [0.3, 0.4) is 0 Å². The SMILES string of the molecule is Brc1ccccc1NCCc1nccs1. The number of nitrogens with one attached hydrogen (secondary N) is 1. The Hall–Kier alpha value is -0.870. The summed E-state index contributed by atoms with van der Waals surface area (Å²) in [6, 6.07) is 8.13. The van der Waals surface area contributed by atoms with E-state index in [0.29, 0.717) is 0 Å². The van der Waals surface area contributed by atoms with E-state index in [9.17, 15) is 0 Å². The van der Waals surface area contributed by atoms with Crippen molar-refractivity contribution in [1.29, 1.82) is 0 Å². The molecule has 0 atom stereocenters. The van der Waals surface area contributed by atoms with Gasteiger partial charge in [-0.1, -0.05) is 12.1 Å². The Kier molecular flexibility index (Phi) is 3.75. The molecule has 4 heteroatoms. The van der Waals surface area contributed by atoms with E-state index in [0.717, 1.165) is 23.1 Å². The van der Waals surface area contributed by atoms with Crippen molar-refractivity contribution in [2.45, 2.75) is 6.42 Å². The summed E-state index contributed by atoms with van der Waals surface area (Å²) in [5.74, 6) is 0. The molecule has 0 saturated carbocycles. The number of hydrogen-bond acceptors (Lipinski definition) is 3. The summed E-state index contributed by atoms with van der Waals surface area (Å²) >= 11 is 5.20. The molecule has 0 aliphatic heterocycles. The highest BCUT2D eigenvalue weighted by atomic mass is 79.9. The monoisotopic (exact) mass is 282 g/mol. The number of hydrogen-bond donors (Lipinski definition) is 1. The van der Waals surface area contributed by atoms with E-state index in [1.54, 1.807) is 11.3 Å². The van der Waals surface area contributed by atoms with Crippen LogP contribution >= 0.6 is 27.3 Å². The smallest absolute Gasteiger partial charge is 0.0942 e. The molecule has 1 aromatic carbocycles. The Labute approximate surface area is 101 Å². The summed E-state index contributed by atoms with van der Waals surface area (Å²) in [6.45, 7) is 0.913. The molecule has 0 amide bonds. The summed E-state index contributed by atoms with van der Waals surface area (Å²) in [5.41, 5.74) is 1.13. The van der Waals surface area contributed by atoms with Gasteiger partial charge in [-0.3, -0.25) is 0 Å². The number of nitrogens with zero attached hydrogens (tertiary/aromatic N) is 1. The van der Waals surface area contributed by atoms with E-state index in [4.69, 9.17) is 0 Å². The van der Waals surface area contributed by atoms with Crippen LogP contribution in [-0.4, -0.2) is 11.5 Å². The second-order valence-electron chi connectivity index (χ2n) is 3.08. The molecule has 0 fully saturated rings. The van der Waals surface area contributed by atoms with Crippen LogP contribution in [0.1, 0.15) is 5.01 Å². The average Bonchev–Trinajstić information content (AvgIpc) is 2.74. The third kappa shape index (κ3) is 3.04. The first kappa shape index (κ1) is 10.6. The summed E-state index contributed by atoms with van der Waals surface area (Å²) in [7, 11) is 0. The number of thiazole rings is 1. The first-order valence-corrected chi connectivity index (χ1v) is 6.40. The first-order chi connectivity index (χ1) is 7.36. The van der Waals surface area contributed by atoms with E-state index < -0.39 is 0 Å². The molecule has 0 saturated heterocycles.